The standard InChI is InChI=1S/C16H17NO3/c1-3-19-16(18)17-13-6-10-15(11-7-13)20-14-8-4-12(2)5-9-14/h4-11H,3H2,1-2H3,(H,17,18). The maximum atomic E-state index is 11.3. The molecule has 0 spiro atoms. The predicted octanol–water partition coefficient (Wildman–Crippen LogP) is 4.36. The summed E-state index contributed by atoms with van der Waals surface area (Å²) in [6.45, 7) is 4.14. The lowest BCUT2D eigenvalue weighted by molar-refractivity contribution is 0.168. The highest BCUT2D eigenvalue weighted by Crippen LogP contribution is 2.23. The zero-order valence-corrected chi connectivity index (χ0v) is 11.6. The first-order valence-electron chi connectivity index (χ1n) is 6.46. The van der Waals surface area contributed by atoms with Crippen molar-refractivity contribution >= 4 is 11.8 Å². The van der Waals surface area contributed by atoms with Gasteiger partial charge < -0.3 is 9.47 Å². The van der Waals surface area contributed by atoms with E-state index in [4.69, 9.17) is 9.47 Å². The van der Waals surface area contributed by atoms with Gasteiger partial charge >= 0.3 is 6.09 Å². The van der Waals surface area contributed by atoms with E-state index >= 15 is 0 Å². The van der Waals surface area contributed by atoms with Crippen molar-refractivity contribution in [3.05, 3.63) is 54.1 Å². The fourth-order valence-electron chi connectivity index (χ4n) is 1.63. The molecule has 0 heterocycles. The molecule has 0 saturated carbocycles. The van der Waals surface area contributed by atoms with Gasteiger partial charge in [0.1, 0.15) is 11.5 Å². The third-order valence-corrected chi connectivity index (χ3v) is 2.63. The fourth-order valence-corrected chi connectivity index (χ4v) is 1.63. The molecule has 2 rings (SSSR count). The molecular weight excluding hydrogens is 254 g/mol. The van der Waals surface area contributed by atoms with Crippen LogP contribution in [0.2, 0.25) is 0 Å². The van der Waals surface area contributed by atoms with Crippen LogP contribution in [0.1, 0.15) is 12.5 Å². The second-order valence-corrected chi connectivity index (χ2v) is 4.28. The molecule has 1 N–H and O–H groups in total. The Hall–Kier alpha value is -2.49. The minimum absolute atomic E-state index is 0.348. The molecule has 0 aliphatic carbocycles. The topological polar surface area (TPSA) is 47.6 Å². The summed E-state index contributed by atoms with van der Waals surface area (Å²) in [5.74, 6) is 1.49. The number of amides is 1. The fraction of sp³-hybridized carbons (Fsp3) is 0.188. The maximum absolute atomic E-state index is 11.3. The van der Waals surface area contributed by atoms with Gasteiger partial charge in [-0.15, -0.1) is 0 Å². The van der Waals surface area contributed by atoms with Crippen LogP contribution in [0.15, 0.2) is 48.5 Å². The third kappa shape index (κ3) is 4.02. The second kappa shape index (κ2) is 6.61. The van der Waals surface area contributed by atoms with Crippen molar-refractivity contribution in [2.45, 2.75) is 13.8 Å². The molecule has 104 valence electrons. The summed E-state index contributed by atoms with van der Waals surface area (Å²) in [6, 6.07) is 14.9. The van der Waals surface area contributed by atoms with Crippen LogP contribution in [-0.2, 0) is 4.74 Å². The summed E-state index contributed by atoms with van der Waals surface area (Å²) in [6.07, 6.45) is -0.459. The summed E-state index contributed by atoms with van der Waals surface area (Å²) < 4.78 is 10.5. The van der Waals surface area contributed by atoms with E-state index in [-0.39, 0.29) is 0 Å². The summed E-state index contributed by atoms with van der Waals surface area (Å²) in [7, 11) is 0. The van der Waals surface area contributed by atoms with Crippen molar-refractivity contribution < 1.29 is 14.3 Å². The number of aryl methyl sites for hydroxylation is 1. The highest BCUT2D eigenvalue weighted by Gasteiger charge is 2.02. The summed E-state index contributed by atoms with van der Waals surface area (Å²) in [4.78, 5) is 11.3. The van der Waals surface area contributed by atoms with Crippen LogP contribution in [0, 0.1) is 6.92 Å². The van der Waals surface area contributed by atoms with E-state index in [1.807, 2.05) is 31.2 Å². The molecule has 2 aromatic carbocycles. The van der Waals surface area contributed by atoms with Gasteiger partial charge in [0.25, 0.3) is 0 Å². The number of anilines is 1. The Bertz CT molecular complexity index is 561. The lowest BCUT2D eigenvalue weighted by atomic mass is 10.2. The van der Waals surface area contributed by atoms with Gasteiger partial charge in [-0.05, 0) is 50.2 Å². The van der Waals surface area contributed by atoms with E-state index in [0.29, 0.717) is 18.0 Å². The molecule has 4 nitrogen and oxygen atoms in total. The van der Waals surface area contributed by atoms with Gasteiger partial charge in [0.15, 0.2) is 0 Å². The van der Waals surface area contributed by atoms with E-state index in [1.54, 1.807) is 31.2 Å². The van der Waals surface area contributed by atoms with E-state index in [2.05, 4.69) is 5.32 Å². The van der Waals surface area contributed by atoms with Crippen LogP contribution >= 0.6 is 0 Å². The molecule has 0 fully saturated rings. The Morgan fingerprint density at radius 1 is 1.00 bits per heavy atom. The first-order chi connectivity index (χ1) is 9.67. The Morgan fingerprint density at radius 2 is 1.55 bits per heavy atom. The van der Waals surface area contributed by atoms with Gasteiger partial charge in [-0.2, -0.15) is 0 Å². The quantitative estimate of drug-likeness (QED) is 0.899. The van der Waals surface area contributed by atoms with Crippen molar-refractivity contribution in [2.24, 2.45) is 0 Å². The average molecular weight is 271 g/mol. The van der Waals surface area contributed by atoms with Gasteiger partial charge in [-0.1, -0.05) is 17.7 Å². The van der Waals surface area contributed by atoms with Gasteiger partial charge in [0.05, 0.1) is 6.61 Å². The SMILES string of the molecule is CCOC(=O)Nc1ccc(Oc2ccc(C)cc2)cc1. The summed E-state index contributed by atoms with van der Waals surface area (Å²) in [5.41, 5.74) is 1.85. The highest BCUT2D eigenvalue weighted by atomic mass is 16.5. The van der Waals surface area contributed by atoms with Crippen molar-refractivity contribution in [1.82, 2.24) is 0 Å². The molecule has 20 heavy (non-hydrogen) atoms. The van der Waals surface area contributed by atoms with Crippen molar-refractivity contribution in [1.29, 1.82) is 0 Å². The molecule has 0 radical (unpaired) electrons. The summed E-state index contributed by atoms with van der Waals surface area (Å²) in [5, 5.41) is 2.62. The van der Waals surface area contributed by atoms with Crippen LogP contribution in [0.25, 0.3) is 0 Å². The number of ether oxygens (including phenoxy) is 2. The Balaban J connectivity index is 1.97. The average Bonchev–Trinajstić information content (AvgIpc) is 2.44. The minimum atomic E-state index is -0.459. The van der Waals surface area contributed by atoms with E-state index in [0.717, 1.165) is 5.75 Å². The number of benzene rings is 2. The van der Waals surface area contributed by atoms with Crippen LogP contribution in [-0.4, -0.2) is 12.7 Å². The number of nitrogens with one attached hydrogen (secondary N) is 1. The molecule has 0 aromatic heterocycles. The van der Waals surface area contributed by atoms with Crippen LogP contribution in [0.3, 0.4) is 0 Å². The number of rotatable bonds is 4. The van der Waals surface area contributed by atoms with E-state index < -0.39 is 6.09 Å². The summed E-state index contributed by atoms with van der Waals surface area (Å²) >= 11 is 0. The minimum Gasteiger partial charge on any atom is -0.457 e. The lowest BCUT2D eigenvalue weighted by Gasteiger charge is -2.08. The van der Waals surface area contributed by atoms with Gasteiger partial charge in [0, 0.05) is 5.69 Å². The van der Waals surface area contributed by atoms with Crippen molar-refractivity contribution in [2.75, 3.05) is 11.9 Å². The van der Waals surface area contributed by atoms with Crippen LogP contribution < -0.4 is 10.1 Å². The molecule has 0 atom stereocenters. The van der Waals surface area contributed by atoms with Crippen molar-refractivity contribution in [3.8, 4) is 11.5 Å². The van der Waals surface area contributed by atoms with E-state index in [1.165, 1.54) is 5.56 Å². The molecule has 1 amide bonds. The van der Waals surface area contributed by atoms with Gasteiger partial charge in [0.2, 0.25) is 0 Å². The first kappa shape index (κ1) is 13.9. The molecule has 2 aromatic rings. The monoisotopic (exact) mass is 271 g/mol. The normalized spacial score (nSPS) is 9.90. The molecule has 0 bridgehead atoms. The molecule has 0 saturated heterocycles. The molecular formula is C16H17NO3. The van der Waals surface area contributed by atoms with Crippen LogP contribution in [0.5, 0.6) is 11.5 Å². The van der Waals surface area contributed by atoms with Crippen molar-refractivity contribution in [3.63, 3.8) is 0 Å². The number of carbonyl (C=O) groups is 1. The smallest absolute Gasteiger partial charge is 0.411 e. The van der Waals surface area contributed by atoms with Crippen LogP contribution in [0.4, 0.5) is 10.5 Å². The number of carbonyl (C=O) groups excluding carboxylic acids is 1. The zero-order chi connectivity index (χ0) is 14.4. The highest BCUT2D eigenvalue weighted by molar-refractivity contribution is 5.84. The second-order valence-electron chi connectivity index (χ2n) is 4.28. The Labute approximate surface area is 118 Å². The molecule has 0 aliphatic heterocycles. The predicted molar refractivity (Wildman–Crippen MR) is 78.3 cm³/mol. The number of hydrogen-bond donors (Lipinski definition) is 1. The van der Waals surface area contributed by atoms with Gasteiger partial charge in [-0.3, -0.25) is 5.32 Å². The molecule has 4 heteroatoms. The molecule has 0 aliphatic rings. The molecule has 0 unspecified atom stereocenters. The Kier molecular flexibility index (Phi) is 4.60. The number of hydrogen-bond acceptors (Lipinski definition) is 3. The lowest BCUT2D eigenvalue weighted by Crippen LogP contribution is -2.12. The first-order valence-corrected chi connectivity index (χ1v) is 6.46. The van der Waals surface area contributed by atoms with Gasteiger partial charge in [-0.25, -0.2) is 4.79 Å². The largest absolute Gasteiger partial charge is 0.457 e. The zero-order valence-electron chi connectivity index (χ0n) is 11.6. The van der Waals surface area contributed by atoms with E-state index in [9.17, 15) is 4.79 Å². The Morgan fingerprint density at radius 3 is 2.10 bits per heavy atom. The maximum Gasteiger partial charge on any atom is 0.411 e. The third-order valence-electron chi connectivity index (χ3n) is 2.63.